The highest BCUT2D eigenvalue weighted by atomic mass is 31.2. The second-order valence-electron chi connectivity index (χ2n) is 15.8. The molecule has 0 aromatic rings. The summed E-state index contributed by atoms with van der Waals surface area (Å²) in [5.74, 6) is 1.53. The first kappa shape index (κ1) is 83.7. The molecule has 0 aliphatic carbocycles. The Morgan fingerprint density at radius 3 is 0.757 bits per heavy atom. The lowest BCUT2D eigenvalue weighted by Crippen LogP contribution is -2.42. The van der Waals surface area contributed by atoms with Gasteiger partial charge in [0, 0.05) is 6.61 Å². The Bertz CT molecular complexity index is 837. The number of aliphatic hydroxyl groups excluding tert-OH is 19. The van der Waals surface area contributed by atoms with Crippen molar-refractivity contribution in [2.45, 2.75) is 172 Å². The van der Waals surface area contributed by atoms with E-state index in [2.05, 4.69) is 27.7 Å². The molecule has 0 aliphatic heterocycles. The van der Waals surface area contributed by atoms with Gasteiger partial charge in [-0.3, -0.25) is 0 Å². The van der Waals surface area contributed by atoms with Crippen molar-refractivity contribution in [2.24, 2.45) is 11.8 Å². The highest BCUT2D eigenvalue weighted by molar-refractivity contribution is 7.38. The number of hydrogen-bond acceptors (Lipinski definition) is 28. The Morgan fingerprint density at radius 1 is 0.314 bits per heavy atom. The number of rotatable bonds is 34. The number of hydrogen-bond donors (Lipinski definition) is 25. The van der Waals surface area contributed by atoms with Crippen LogP contribution in [0.25, 0.3) is 0 Å². The summed E-state index contributed by atoms with van der Waals surface area (Å²) in [4.78, 5) is 53.8. The van der Waals surface area contributed by atoms with Gasteiger partial charge < -0.3 is 131 Å². The Labute approximate surface area is 414 Å². The van der Waals surface area contributed by atoms with Crippen LogP contribution in [0.15, 0.2) is 0 Å². The fraction of sp³-hybridized carbons (Fsp3) is 1.00. The van der Waals surface area contributed by atoms with Crippen molar-refractivity contribution in [3.63, 3.8) is 0 Å². The van der Waals surface area contributed by atoms with Gasteiger partial charge in [-0.05, 0) is 24.7 Å². The molecule has 0 aromatic heterocycles. The van der Waals surface area contributed by atoms with Gasteiger partial charge in [-0.25, -0.2) is 9.78 Å². The van der Waals surface area contributed by atoms with E-state index in [4.69, 9.17) is 131 Å². The van der Waals surface area contributed by atoms with Gasteiger partial charge in [0.25, 0.3) is 0 Å². The van der Waals surface area contributed by atoms with E-state index >= 15 is 0 Å². The van der Waals surface area contributed by atoms with Gasteiger partial charge >= 0.3 is 17.2 Å². The predicted molar refractivity (Wildman–Crippen MR) is 253 cm³/mol. The predicted octanol–water partition coefficient (Wildman–Crippen LogP) is -5.86. The zero-order valence-corrected chi connectivity index (χ0v) is 42.9. The van der Waals surface area contributed by atoms with Crippen molar-refractivity contribution in [3.8, 4) is 0 Å². The van der Waals surface area contributed by atoms with Crippen LogP contribution in [0.3, 0.4) is 0 Å². The van der Waals surface area contributed by atoms with E-state index < -0.39 is 144 Å². The van der Waals surface area contributed by atoms with Crippen LogP contribution in [0.5, 0.6) is 0 Å². The lowest BCUT2D eigenvalue weighted by Gasteiger charge is -2.25. The molecule has 28 nitrogen and oxygen atoms in total. The van der Waals surface area contributed by atoms with E-state index in [1.807, 2.05) is 0 Å². The van der Waals surface area contributed by atoms with E-state index in [0.29, 0.717) is 13.2 Å². The third-order valence-corrected chi connectivity index (χ3v) is 8.51. The summed E-state index contributed by atoms with van der Waals surface area (Å²) >= 11 is 0. The molecule has 0 saturated carbocycles. The maximum atomic E-state index is 10.1. The van der Waals surface area contributed by atoms with Gasteiger partial charge in [-0.15, -0.1) is 0 Å². The van der Waals surface area contributed by atoms with Gasteiger partial charge in [-0.2, -0.15) is 0 Å². The van der Waals surface area contributed by atoms with E-state index in [1.54, 1.807) is 0 Å². The minimum atomic E-state index is -2.62. The highest BCUT2D eigenvalue weighted by Gasteiger charge is 2.28. The molecular weight excluding hydrogens is 990 g/mol. The maximum absolute atomic E-state index is 10.1. The molecule has 70 heavy (non-hydrogen) atoms. The standard InChI is InChI=1S/C24H50O6.4C4H10O4.2H3O3P/c1-20(2)15-11-7-5-9-13-17-28-24(23(27)22(26)19-25)30-29-18-14-10-6-8-12-16-21(3)4;4*5-1-3(7)4(8)2-6;2*1-4(2)3/h20-27H,5-19H2,1-4H3;4*3-8H,1-2H2;2*1-3H/t22-,23-,24?;4*3-,4+;;/m1....../s1. The van der Waals surface area contributed by atoms with E-state index in [-0.39, 0.29) is 0 Å². The summed E-state index contributed by atoms with van der Waals surface area (Å²) in [6.45, 7) is 5.06. The SMILES string of the molecule is CC(C)CCCCCCCOOC(OCCCCCCCC(C)C)[C@H](O)[C@H](O)CO.OC[C@@H](O)[C@@H](O)CO.OC[C@@H](O)[C@@H](O)CO.OC[C@@H](O)[C@@H](O)CO.OC[C@@H](O)[C@@H](O)CO.OP(O)O.OP(O)O. The lowest BCUT2D eigenvalue weighted by molar-refractivity contribution is -0.400. The molecule has 0 heterocycles. The lowest BCUT2D eigenvalue weighted by atomic mass is 10.0. The molecule has 30 heteroatoms. The average molecular weight is 1090 g/mol. The molecule has 0 aromatic carbocycles. The van der Waals surface area contributed by atoms with Crippen LogP contribution in [0.4, 0.5) is 0 Å². The zero-order valence-electron chi connectivity index (χ0n) is 41.1. The third kappa shape index (κ3) is 72.0. The van der Waals surface area contributed by atoms with Crippen molar-refractivity contribution < 1.29 is 141 Å². The van der Waals surface area contributed by atoms with Gasteiger partial charge in [0.05, 0.1) is 66.1 Å². The molecule has 1 unspecified atom stereocenters. The summed E-state index contributed by atoms with van der Waals surface area (Å²) in [7, 11) is -5.24. The van der Waals surface area contributed by atoms with Crippen LogP contribution < -0.4 is 0 Å². The first-order chi connectivity index (χ1) is 32.7. The third-order valence-electron chi connectivity index (χ3n) is 8.51. The maximum Gasteiger partial charge on any atom is 0.324 e. The van der Waals surface area contributed by atoms with Crippen LogP contribution in [-0.4, -0.2) is 266 Å². The van der Waals surface area contributed by atoms with Gasteiger partial charge in [0.15, 0.2) is 0 Å². The first-order valence-electron chi connectivity index (χ1n) is 22.6. The molecule has 0 bridgehead atoms. The second kappa shape index (κ2) is 63.0. The largest absolute Gasteiger partial charge is 0.394 e. The molecule has 0 spiro atoms. The molecule has 25 N–H and O–H groups in total. The smallest absolute Gasteiger partial charge is 0.324 e. The minimum absolute atomic E-state index is 0.418. The molecule has 0 radical (unpaired) electrons. The van der Waals surface area contributed by atoms with Gasteiger partial charge in [0.1, 0.15) is 61.0 Å². The summed E-state index contributed by atoms with van der Waals surface area (Å²) < 4.78 is 5.59. The fourth-order valence-corrected chi connectivity index (χ4v) is 4.19. The molecule has 0 amide bonds. The van der Waals surface area contributed by atoms with Crippen LogP contribution in [0.1, 0.15) is 105 Å². The van der Waals surface area contributed by atoms with E-state index in [0.717, 1.165) is 43.9 Å². The van der Waals surface area contributed by atoms with Crippen LogP contribution in [0, 0.1) is 11.8 Å². The molecule has 0 saturated heterocycles. The quantitative estimate of drug-likeness (QED) is 0.00938. The van der Waals surface area contributed by atoms with Crippen molar-refractivity contribution in [1.82, 2.24) is 0 Å². The van der Waals surface area contributed by atoms with Crippen LogP contribution in [-0.2, 0) is 14.5 Å². The molecule has 0 rings (SSSR count). The fourth-order valence-electron chi connectivity index (χ4n) is 4.19. The number of unbranched alkanes of at least 4 members (excludes halogenated alkanes) is 8. The number of aliphatic hydroxyl groups is 19. The second-order valence-corrected chi connectivity index (χ2v) is 16.9. The Kier molecular flexibility index (Phi) is 75.4. The van der Waals surface area contributed by atoms with E-state index in [9.17, 15) is 10.2 Å². The molecule has 0 aliphatic rings. The van der Waals surface area contributed by atoms with Crippen molar-refractivity contribution in [3.05, 3.63) is 0 Å². The molecular formula is C40H96O28P2. The normalized spacial score (nSPS) is 15.7. The van der Waals surface area contributed by atoms with Gasteiger partial charge in [-0.1, -0.05) is 91.9 Å². The van der Waals surface area contributed by atoms with Gasteiger partial charge in [0.2, 0.25) is 6.29 Å². The molecule has 434 valence electrons. The summed E-state index contributed by atoms with van der Waals surface area (Å²) in [5.41, 5.74) is 0. The minimum Gasteiger partial charge on any atom is -0.394 e. The monoisotopic (exact) mass is 1090 g/mol. The summed E-state index contributed by atoms with van der Waals surface area (Å²) in [6, 6.07) is 0. The van der Waals surface area contributed by atoms with Crippen LogP contribution >= 0.6 is 17.2 Å². The topological polar surface area (TPSA) is 533 Å². The molecule has 11 atom stereocenters. The average Bonchev–Trinajstić information content (AvgIpc) is 3.33. The summed E-state index contributed by atoms with van der Waals surface area (Å²) in [6.07, 6.45) is 0.215. The Hall–Kier alpha value is -0.260. The summed E-state index contributed by atoms with van der Waals surface area (Å²) in [5, 5.41) is 162. The van der Waals surface area contributed by atoms with Crippen molar-refractivity contribution >= 4 is 17.2 Å². The molecule has 0 fully saturated rings. The van der Waals surface area contributed by atoms with E-state index in [1.165, 1.54) is 44.9 Å². The first-order valence-corrected chi connectivity index (χ1v) is 25.0. The number of ether oxygens (including phenoxy) is 1. The Balaban J connectivity index is -0.000000160. The van der Waals surface area contributed by atoms with Crippen molar-refractivity contribution in [2.75, 3.05) is 72.7 Å². The Morgan fingerprint density at radius 2 is 0.529 bits per heavy atom. The zero-order chi connectivity index (χ0) is 56.0. The van der Waals surface area contributed by atoms with Crippen LogP contribution in [0.2, 0.25) is 0 Å². The highest BCUT2D eigenvalue weighted by Crippen LogP contribution is 2.14. The van der Waals surface area contributed by atoms with Crippen molar-refractivity contribution in [1.29, 1.82) is 0 Å².